The standard InChI is InChI=1S/C21H23F3N4O2/c22-21(23,24)17-8-6-16(7-9-17)20(30)26-25-19(29)10-11-27-12-14-28(15-13-27)18-4-2-1-3-5-18/h1-9H,10-15H2,(H,25,29)(H,26,30)/p+1. The first-order valence-corrected chi connectivity index (χ1v) is 9.73. The van der Waals surface area contributed by atoms with Gasteiger partial charge in [-0.05, 0) is 36.4 Å². The summed E-state index contributed by atoms with van der Waals surface area (Å²) < 4.78 is 37.7. The number of piperazine rings is 1. The van der Waals surface area contributed by atoms with Gasteiger partial charge in [-0.25, -0.2) is 0 Å². The molecule has 160 valence electrons. The molecular formula is C21H24F3N4O2+. The number of rotatable bonds is 5. The molecule has 2 aromatic rings. The predicted octanol–water partition coefficient (Wildman–Crippen LogP) is 1.26. The van der Waals surface area contributed by atoms with Gasteiger partial charge in [-0.1, -0.05) is 18.2 Å². The zero-order valence-electron chi connectivity index (χ0n) is 16.3. The molecule has 1 saturated heterocycles. The molecule has 1 fully saturated rings. The van der Waals surface area contributed by atoms with Gasteiger partial charge in [-0.2, -0.15) is 13.2 Å². The summed E-state index contributed by atoms with van der Waals surface area (Å²) in [6.45, 7) is 4.29. The lowest BCUT2D eigenvalue weighted by molar-refractivity contribution is -0.900. The highest BCUT2D eigenvalue weighted by molar-refractivity contribution is 5.95. The Labute approximate surface area is 172 Å². The van der Waals surface area contributed by atoms with E-state index in [1.54, 1.807) is 0 Å². The second-order valence-electron chi connectivity index (χ2n) is 7.15. The second kappa shape index (κ2) is 9.62. The third-order valence-corrected chi connectivity index (χ3v) is 5.09. The van der Waals surface area contributed by atoms with Crippen LogP contribution in [0.5, 0.6) is 0 Å². The first-order chi connectivity index (χ1) is 14.3. The van der Waals surface area contributed by atoms with Crippen LogP contribution < -0.4 is 20.7 Å². The van der Waals surface area contributed by atoms with Crippen molar-refractivity contribution >= 4 is 17.5 Å². The maximum atomic E-state index is 12.6. The second-order valence-corrected chi connectivity index (χ2v) is 7.15. The van der Waals surface area contributed by atoms with E-state index in [4.69, 9.17) is 0 Å². The zero-order chi connectivity index (χ0) is 21.6. The monoisotopic (exact) mass is 421 g/mol. The number of carbonyl (C=O) groups is 2. The van der Waals surface area contributed by atoms with E-state index in [2.05, 4.69) is 27.9 Å². The summed E-state index contributed by atoms with van der Waals surface area (Å²) in [5, 5.41) is 0. The average Bonchev–Trinajstić information content (AvgIpc) is 2.76. The molecule has 9 heteroatoms. The molecule has 1 heterocycles. The van der Waals surface area contributed by atoms with Crippen LogP contribution in [0.2, 0.25) is 0 Å². The maximum Gasteiger partial charge on any atom is 0.416 e. The molecule has 6 nitrogen and oxygen atoms in total. The molecule has 3 rings (SSSR count). The molecule has 0 atom stereocenters. The minimum absolute atomic E-state index is 0.0333. The molecule has 2 amide bonds. The Morgan fingerprint density at radius 2 is 1.57 bits per heavy atom. The number of halogens is 3. The lowest BCUT2D eigenvalue weighted by Crippen LogP contribution is -3.15. The molecule has 1 aliphatic heterocycles. The number of hydrazine groups is 1. The zero-order valence-corrected chi connectivity index (χ0v) is 16.3. The van der Waals surface area contributed by atoms with Crippen molar-refractivity contribution in [1.29, 1.82) is 0 Å². The Bertz CT molecular complexity index is 849. The molecular weight excluding hydrogens is 397 g/mol. The van der Waals surface area contributed by atoms with Crippen molar-refractivity contribution in [3.05, 3.63) is 65.7 Å². The van der Waals surface area contributed by atoms with Crippen molar-refractivity contribution < 1.29 is 27.7 Å². The van der Waals surface area contributed by atoms with Gasteiger partial charge in [0.25, 0.3) is 5.91 Å². The van der Waals surface area contributed by atoms with Crippen molar-refractivity contribution in [1.82, 2.24) is 10.9 Å². The van der Waals surface area contributed by atoms with Gasteiger partial charge in [0.05, 0.1) is 44.7 Å². The van der Waals surface area contributed by atoms with Gasteiger partial charge in [0, 0.05) is 11.3 Å². The van der Waals surface area contributed by atoms with Crippen LogP contribution in [0.1, 0.15) is 22.3 Å². The third-order valence-electron chi connectivity index (χ3n) is 5.09. The van der Waals surface area contributed by atoms with E-state index in [0.29, 0.717) is 6.54 Å². The van der Waals surface area contributed by atoms with Crippen molar-refractivity contribution in [3.63, 3.8) is 0 Å². The highest BCUT2D eigenvalue weighted by Gasteiger charge is 2.30. The molecule has 0 saturated carbocycles. The van der Waals surface area contributed by atoms with E-state index in [0.717, 1.165) is 50.4 Å². The number of para-hydroxylation sites is 1. The van der Waals surface area contributed by atoms with Gasteiger partial charge in [0.1, 0.15) is 0 Å². The van der Waals surface area contributed by atoms with Crippen LogP contribution in [0.4, 0.5) is 18.9 Å². The number of hydrogen-bond acceptors (Lipinski definition) is 3. The van der Waals surface area contributed by atoms with Crippen LogP contribution in [-0.2, 0) is 11.0 Å². The van der Waals surface area contributed by atoms with Gasteiger partial charge in [-0.15, -0.1) is 0 Å². The highest BCUT2D eigenvalue weighted by atomic mass is 19.4. The molecule has 0 bridgehead atoms. The molecule has 0 aromatic heterocycles. The van der Waals surface area contributed by atoms with Gasteiger partial charge in [0.2, 0.25) is 5.91 Å². The summed E-state index contributed by atoms with van der Waals surface area (Å²) in [5.74, 6) is -1.01. The number of anilines is 1. The van der Waals surface area contributed by atoms with Crippen LogP contribution in [-0.4, -0.2) is 44.5 Å². The Kier molecular flexibility index (Phi) is 6.94. The smallest absolute Gasteiger partial charge is 0.360 e. The summed E-state index contributed by atoms with van der Waals surface area (Å²) in [7, 11) is 0. The topological polar surface area (TPSA) is 65.9 Å². The van der Waals surface area contributed by atoms with Crippen LogP contribution in [0.25, 0.3) is 0 Å². The lowest BCUT2D eigenvalue weighted by Gasteiger charge is -2.33. The Balaban J connectivity index is 1.36. The van der Waals surface area contributed by atoms with E-state index >= 15 is 0 Å². The van der Waals surface area contributed by atoms with Crippen molar-refractivity contribution in [2.24, 2.45) is 0 Å². The summed E-state index contributed by atoms with van der Waals surface area (Å²) >= 11 is 0. The van der Waals surface area contributed by atoms with E-state index in [1.807, 2.05) is 18.2 Å². The van der Waals surface area contributed by atoms with Crippen molar-refractivity contribution in [2.45, 2.75) is 12.6 Å². The summed E-state index contributed by atoms with van der Waals surface area (Å²) in [4.78, 5) is 27.6. The minimum Gasteiger partial charge on any atom is -0.360 e. The molecule has 30 heavy (non-hydrogen) atoms. The molecule has 0 aliphatic carbocycles. The Hall–Kier alpha value is -3.07. The molecule has 0 unspecified atom stereocenters. The molecule has 1 aliphatic rings. The number of nitrogens with one attached hydrogen (secondary N) is 3. The summed E-state index contributed by atoms with van der Waals surface area (Å²) in [6.07, 6.45) is -4.22. The highest BCUT2D eigenvalue weighted by Crippen LogP contribution is 2.29. The first kappa shape index (κ1) is 21.6. The van der Waals surface area contributed by atoms with Crippen molar-refractivity contribution in [2.75, 3.05) is 37.6 Å². The average molecular weight is 421 g/mol. The first-order valence-electron chi connectivity index (χ1n) is 9.73. The Morgan fingerprint density at radius 3 is 2.17 bits per heavy atom. The lowest BCUT2D eigenvalue weighted by atomic mass is 10.1. The van der Waals surface area contributed by atoms with Crippen LogP contribution in [0, 0.1) is 0 Å². The predicted molar refractivity (Wildman–Crippen MR) is 106 cm³/mol. The Morgan fingerprint density at radius 1 is 0.933 bits per heavy atom. The number of benzene rings is 2. The van der Waals surface area contributed by atoms with Crippen LogP contribution >= 0.6 is 0 Å². The van der Waals surface area contributed by atoms with Crippen molar-refractivity contribution in [3.8, 4) is 0 Å². The van der Waals surface area contributed by atoms with Crippen LogP contribution in [0.3, 0.4) is 0 Å². The number of nitrogens with zero attached hydrogens (tertiary/aromatic N) is 1. The third kappa shape index (κ3) is 5.96. The minimum atomic E-state index is -4.46. The van der Waals surface area contributed by atoms with E-state index in [1.165, 1.54) is 10.6 Å². The molecule has 0 radical (unpaired) electrons. The normalized spacial score (nSPS) is 15.0. The van der Waals surface area contributed by atoms with E-state index < -0.39 is 17.6 Å². The molecule has 2 aromatic carbocycles. The number of carbonyl (C=O) groups excluding carboxylic acids is 2. The quantitative estimate of drug-likeness (QED) is 0.637. The fraction of sp³-hybridized carbons (Fsp3) is 0.333. The number of amides is 2. The summed E-state index contributed by atoms with van der Waals surface area (Å²) in [6, 6.07) is 14.0. The van der Waals surface area contributed by atoms with Gasteiger partial charge < -0.3 is 9.80 Å². The SMILES string of the molecule is O=C(CC[NH+]1CCN(c2ccccc2)CC1)NNC(=O)c1ccc(C(F)(F)F)cc1. The van der Waals surface area contributed by atoms with Gasteiger partial charge >= 0.3 is 6.18 Å². The molecule has 0 spiro atoms. The van der Waals surface area contributed by atoms with Gasteiger partial charge in [-0.3, -0.25) is 20.4 Å². The number of hydrogen-bond donors (Lipinski definition) is 3. The number of quaternary nitrogens is 1. The fourth-order valence-electron chi connectivity index (χ4n) is 3.33. The molecule has 3 N–H and O–H groups in total. The number of alkyl halides is 3. The largest absolute Gasteiger partial charge is 0.416 e. The van der Waals surface area contributed by atoms with Crippen LogP contribution in [0.15, 0.2) is 54.6 Å². The summed E-state index contributed by atoms with van der Waals surface area (Å²) in [5.41, 5.74) is 4.94. The van der Waals surface area contributed by atoms with E-state index in [-0.39, 0.29) is 17.9 Å². The fourth-order valence-corrected chi connectivity index (χ4v) is 3.33. The maximum absolute atomic E-state index is 12.6. The van der Waals surface area contributed by atoms with E-state index in [9.17, 15) is 22.8 Å². The van der Waals surface area contributed by atoms with Gasteiger partial charge in [0.15, 0.2) is 0 Å².